The minimum atomic E-state index is -4.97. The summed E-state index contributed by atoms with van der Waals surface area (Å²) >= 11 is 0. The number of phenols is 1. The molecule has 0 aliphatic heterocycles. The van der Waals surface area contributed by atoms with E-state index in [-0.39, 0.29) is 12.2 Å². The molecule has 0 radical (unpaired) electrons. The first kappa shape index (κ1) is 20.2. The highest BCUT2D eigenvalue weighted by molar-refractivity contribution is 7.50. The van der Waals surface area contributed by atoms with Gasteiger partial charge in [0, 0.05) is 18.4 Å². The lowest BCUT2D eigenvalue weighted by atomic mass is 9.79. The van der Waals surface area contributed by atoms with Gasteiger partial charge in [-0.05, 0) is 24.1 Å². The molecule has 26 heavy (non-hydrogen) atoms. The second-order valence-electron chi connectivity index (χ2n) is 5.91. The van der Waals surface area contributed by atoms with Crippen LogP contribution >= 0.6 is 7.75 Å². The second kappa shape index (κ2) is 7.22. The molecule has 0 saturated carbocycles. The SMILES string of the molecule is CCC(c1cccc(O)c1)C(O)(O)C1=C(O)C=C(O)CC1=NP(=O)(O)O. The zero-order valence-electron chi connectivity index (χ0n) is 13.8. The average molecular weight is 385 g/mol. The Balaban J connectivity index is 2.64. The molecule has 0 saturated heterocycles. The summed E-state index contributed by atoms with van der Waals surface area (Å²) in [5.41, 5.74) is -0.833. The van der Waals surface area contributed by atoms with Gasteiger partial charge in [0.2, 0.25) is 5.79 Å². The van der Waals surface area contributed by atoms with Gasteiger partial charge in [0.1, 0.15) is 17.3 Å². The zero-order chi connectivity index (χ0) is 19.7. The molecule has 1 aliphatic rings. The fourth-order valence-corrected chi connectivity index (χ4v) is 3.49. The first-order valence-corrected chi connectivity index (χ1v) is 9.24. The van der Waals surface area contributed by atoms with E-state index in [1.165, 1.54) is 24.3 Å². The van der Waals surface area contributed by atoms with Gasteiger partial charge in [0.25, 0.3) is 0 Å². The molecule has 2 rings (SSSR count). The van der Waals surface area contributed by atoms with Crippen LogP contribution in [0.25, 0.3) is 0 Å². The van der Waals surface area contributed by atoms with E-state index in [2.05, 4.69) is 4.76 Å². The fraction of sp³-hybridized carbons (Fsp3) is 0.312. The molecule has 10 heteroatoms. The number of aliphatic hydroxyl groups is 4. The summed E-state index contributed by atoms with van der Waals surface area (Å²) in [6.07, 6.45) is 0.500. The van der Waals surface area contributed by atoms with Crippen molar-refractivity contribution in [3.63, 3.8) is 0 Å². The van der Waals surface area contributed by atoms with E-state index < -0.39 is 48.7 Å². The van der Waals surface area contributed by atoms with Crippen LogP contribution in [0, 0.1) is 0 Å². The summed E-state index contributed by atoms with van der Waals surface area (Å²) in [5, 5.41) is 50.9. The molecule has 0 amide bonds. The van der Waals surface area contributed by atoms with Gasteiger partial charge in [0.05, 0.1) is 11.3 Å². The lowest BCUT2D eigenvalue weighted by molar-refractivity contribution is -0.145. The summed E-state index contributed by atoms with van der Waals surface area (Å²) < 4.78 is 14.4. The quantitative estimate of drug-likeness (QED) is 0.297. The fourth-order valence-electron chi connectivity index (χ4n) is 3.00. The third-order valence-electron chi connectivity index (χ3n) is 3.98. The van der Waals surface area contributed by atoms with Crippen molar-refractivity contribution in [2.45, 2.75) is 31.5 Å². The maximum atomic E-state index is 11.2. The van der Waals surface area contributed by atoms with E-state index in [1.54, 1.807) is 6.92 Å². The number of aromatic hydroxyl groups is 1. The molecule has 142 valence electrons. The number of allylic oxidation sites excluding steroid dienone is 2. The van der Waals surface area contributed by atoms with Gasteiger partial charge in [-0.2, -0.15) is 4.76 Å². The van der Waals surface area contributed by atoms with Crippen LogP contribution in [0.15, 0.2) is 52.2 Å². The van der Waals surface area contributed by atoms with Crippen molar-refractivity contribution < 1.29 is 39.9 Å². The molecule has 0 fully saturated rings. The van der Waals surface area contributed by atoms with Crippen molar-refractivity contribution in [2.75, 3.05) is 0 Å². The predicted octanol–water partition coefficient (Wildman–Crippen LogP) is 1.76. The Morgan fingerprint density at radius 3 is 2.42 bits per heavy atom. The van der Waals surface area contributed by atoms with Crippen molar-refractivity contribution in [3.8, 4) is 5.75 Å². The van der Waals surface area contributed by atoms with E-state index in [0.717, 1.165) is 6.08 Å². The van der Waals surface area contributed by atoms with Crippen LogP contribution in [0.1, 0.15) is 31.2 Å². The molecule has 1 atom stereocenters. The molecule has 0 bridgehead atoms. The number of phenolic OH excluding ortho intramolecular Hbond substituents is 1. The van der Waals surface area contributed by atoms with E-state index >= 15 is 0 Å². The van der Waals surface area contributed by atoms with Crippen LogP contribution in [-0.2, 0) is 4.57 Å². The smallest absolute Gasteiger partial charge is 0.448 e. The van der Waals surface area contributed by atoms with Crippen molar-refractivity contribution in [1.29, 1.82) is 0 Å². The summed E-state index contributed by atoms with van der Waals surface area (Å²) in [6, 6.07) is 5.73. The highest BCUT2D eigenvalue weighted by Crippen LogP contribution is 2.43. The Labute approximate surface area is 149 Å². The molecule has 7 N–H and O–H groups in total. The Bertz CT molecular complexity index is 836. The summed E-state index contributed by atoms with van der Waals surface area (Å²) in [7, 11) is -4.97. The largest absolute Gasteiger partial charge is 0.512 e. The number of hydrogen-bond donors (Lipinski definition) is 7. The first-order valence-electron chi connectivity index (χ1n) is 7.67. The molecule has 0 heterocycles. The number of hydrogen-bond acceptors (Lipinski definition) is 6. The monoisotopic (exact) mass is 385 g/mol. The van der Waals surface area contributed by atoms with Gasteiger partial charge in [-0.15, -0.1) is 0 Å². The van der Waals surface area contributed by atoms with Gasteiger partial charge in [-0.3, -0.25) is 0 Å². The minimum absolute atomic E-state index is 0.111. The van der Waals surface area contributed by atoms with E-state index in [1.807, 2.05) is 0 Å². The first-order chi connectivity index (χ1) is 12.0. The number of nitrogens with zero attached hydrogens (tertiary/aromatic N) is 1. The van der Waals surface area contributed by atoms with Gasteiger partial charge in [0.15, 0.2) is 0 Å². The van der Waals surface area contributed by atoms with Crippen LogP contribution in [0.5, 0.6) is 5.75 Å². The highest BCUT2D eigenvalue weighted by atomic mass is 31.2. The zero-order valence-corrected chi connectivity index (χ0v) is 14.7. The van der Waals surface area contributed by atoms with E-state index in [9.17, 15) is 30.1 Å². The van der Waals surface area contributed by atoms with Gasteiger partial charge in [-0.1, -0.05) is 19.1 Å². The average Bonchev–Trinajstić information content (AvgIpc) is 2.44. The summed E-state index contributed by atoms with van der Waals surface area (Å²) in [5.74, 6) is -5.18. The van der Waals surface area contributed by atoms with Crippen LogP contribution in [0.4, 0.5) is 0 Å². The molecular weight excluding hydrogens is 365 g/mol. The maximum absolute atomic E-state index is 11.2. The minimum Gasteiger partial charge on any atom is -0.512 e. The molecule has 1 aliphatic carbocycles. The third-order valence-corrected chi connectivity index (χ3v) is 4.48. The topological polar surface area (TPSA) is 171 Å². The third kappa shape index (κ3) is 4.32. The highest BCUT2D eigenvalue weighted by Gasteiger charge is 2.44. The molecule has 9 nitrogen and oxygen atoms in total. The van der Waals surface area contributed by atoms with E-state index in [4.69, 9.17) is 9.79 Å². The number of aliphatic hydroxyl groups excluding tert-OH is 2. The summed E-state index contributed by atoms with van der Waals surface area (Å²) in [6.45, 7) is 1.63. The lowest BCUT2D eigenvalue weighted by Crippen LogP contribution is -2.42. The standard InChI is InChI=1S/C16H20NO8P/c1-2-12(9-4-3-5-10(18)6-9)16(21,22)15-13(17-26(23,24)25)7-11(19)8-14(15)20/h3-6,8,12,18-22H,2,7H2,1H3,(H2,23,24,25). The molecule has 1 unspecified atom stereocenters. The van der Waals surface area contributed by atoms with Gasteiger partial charge in [-0.25, -0.2) is 4.57 Å². The molecular formula is C16H20NO8P. The van der Waals surface area contributed by atoms with Crippen molar-refractivity contribution in [1.82, 2.24) is 0 Å². The Hall–Kier alpha value is -2.16. The maximum Gasteiger partial charge on any atom is 0.448 e. The second-order valence-corrected chi connectivity index (χ2v) is 7.14. The summed E-state index contributed by atoms with van der Waals surface area (Å²) in [4.78, 5) is 18.2. The predicted molar refractivity (Wildman–Crippen MR) is 92.8 cm³/mol. The van der Waals surface area contributed by atoms with Crippen molar-refractivity contribution in [3.05, 3.63) is 53.0 Å². The Morgan fingerprint density at radius 1 is 1.23 bits per heavy atom. The number of rotatable bonds is 5. The van der Waals surface area contributed by atoms with Crippen LogP contribution in [0.3, 0.4) is 0 Å². The van der Waals surface area contributed by atoms with E-state index in [0.29, 0.717) is 5.56 Å². The number of benzene rings is 1. The molecule has 0 spiro atoms. The van der Waals surface area contributed by atoms with Crippen LogP contribution < -0.4 is 0 Å². The Kier molecular flexibility index (Phi) is 5.60. The van der Waals surface area contributed by atoms with Crippen molar-refractivity contribution in [2.24, 2.45) is 4.76 Å². The van der Waals surface area contributed by atoms with Gasteiger partial charge >= 0.3 is 7.75 Å². The van der Waals surface area contributed by atoms with Gasteiger partial charge < -0.3 is 35.3 Å². The molecule has 0 aromatic heterocycles. The molecule has 1 aromatic carbocycles. The van der Waals surface area contributed by atoms with Crippen molar-refractivity contribution >= 4 is 13.5 Å². The lowest BCUT2D eigenvalue weighted by Gasteiger charge is -2.35. The van der Waals surface area contributed by atoms with Crippen LogP contribution in [0.2, 0.25) is 0 Å². The molecule has 1 aromatic rings. The Morgan fingerprint density at radius 2 is 1.88 bits per heavy atom. The normalized spacial score (nSPS) is 18.8. The van der Waals surface area contributed by atoms with Crippen LogP contribution in [-0.4, -0.2) is 46.8 Å².